The zero-order valence-electron chi connectivity index (χ0n) is 20.6. The van der Waals surface area contributed by atoms with E-state index in [1.165, 1.54) is 0 Å². The molecule has 0 spiro atoms. The first kappa shape index (κ1) is 27.8. The number of nitrogens with one attached hydrogen (secondary N) is 2. The van der Waals surface area contributed by atoms with Gasteiger partial charge in [-0.05, 0) is 30.1 Å². The Hall–Kier alpha value is -2.25. The summed E-state index contributed by atoms with van der Waals surface area (Å²) in [6.45, 7) is 13.8. The van der Waals surface area contributed by atoms with Crippen LogP contribution in [0.3, 0.4) is 0 Å². The van der Waals surface area contributed by atoms with Crippen molar-refractivity contribution in [2.24, 2.45) is 29.1 Å². The largest absolute Gasteiger partial charge is 0.465 e. The van der Waals surface area contributed by atoms with Crippen LogP contribution in [0.4, 0.5) is 0 Å². The molecule has 8 heteroatoms. The van der Waals surface area contributed by atoms with E-state index in [0.29, 0.717) is 19.4 Å². The highest BCUT2D eigenvalue weighted by molar-refractivity contribution is 6.37. The first-order valence-electron chi connectivity index (χ1n) is 11.5. The third kappa shape index (κ3) is 9.09. The highest BCUT2D eigenvalue weighted by atomic mass is 16.5. The summed E-state index contributed by atoms with van der Waals surface area (Å²) in [4.78, 5) is 62.3. The Kier molecular flexibility index (Phi) is 10.5. The summed E-state index contributed by atoms with van der Waals surface area (Å²) in [5.41, 5.74) is -0.174. The molecule has 32 heavy (non-hydrogen) atoms. The molecule has 0 saturated carbocycles. The average Bonchev–Trinajstić information content (AvgIpc) is 2.83. The molecule has 8 nitrogen and oxygen atoms in total. The lowest BCUT2D eigenvalue weighted by Gasteiger charge is -2.27. The molecule has 1 fully saturated rings. The van der Waals surface area contributed by atoms with Crippen molar-refractivity contribution in [3.63, 3.8) is 0 Å². The van der Waals surface area contributed by atoms with E-state index in [0.717, 1.165) is 0 Å². The second-order valence-corrected chi connectivity index (χ2v) is 10.6. The molecule has 182 valence electrons. The van der Waals surface area contributed by atoms with Crippen LogP contribution in [0.2, 0.25) is 0 Å². The molecule has 0 aromatic heterocycles. The summed E-state index contributed by atoms with van der Waals surface area (Å²) in [6.07, 6.45) is 0.922. The molecule has 0 aromatic carbocycles. The number of ketones is 2. The van der Waals surface area contributed by atoms with Crippen molar-refractivity contribution in [1.29, 1.82) is 0 Å². The maximum Gasteiger partial charge on any atom is 0.306 e. The molecular formula is C24H40N2O6. The van der Waals surface area contributed by atoms with Gasteiger partial charge in [0.1, 0.15) is 0 Å². The van der Waals surface area contributed by atoms with E-state index in [1.807, 2.05) is 48.5 Å². The van der Waals surface area contributed by atoms with Crippen LogP contribution in [0.5, 0.6) is 0 Å². The Morgan fingerprint density at radius 3 is 2.25 bits per heavy atom. The highest BCUT2D eigenvalue weighted by Crippen LogP contribution is 2.22. The van der Waals surface area contributed by atoms with Gasteiger partial charge < -0.3 is 15.4 Å². The topological polar surface area (TPSA) is 119 Å². The third-order valence-electron chi connectivity index (χ3n) is 5.56. The van der Waals surface area contributed by atoms with Crippen molar-refractivity contribution in [3.8, 4) is 0 Å². The summed E-state index contributed by atoms with van der Waals surface area (Å²) >= 11 is 0. The number of rotatable bonds is 10. The first-order chi connectivity index (χ1) is 14.7. The fourth-order valence-corrected chi connectivity index (χ4v) is 3.56. The van der Waals surface area contributed by atoms with Gasteiger partial charge in [-0.15, -0.1) is 0 Å². The van der Waals surface area contributed by atoms with Gasteiger partial charge in [0.15, 0.2) is 5.78 Å². The molecule has 1 aliphatic rings. The number of hydrogen-bond donors (Lipinski definition) is 2. The molecule has 1 saturated heterocycles. The Morgan fingerprint density at radius 2 is 1.72 bits per heavy atom. The molecule has 1 heterocycles. The monoisotopic (exact) mass is 452 g/mol. The van der Waals surface area contributed by atoms with E-state index in [1.54, 1.807) is 0 Å². The van der Waals surface area contributed by atoms with Crippen LogP contribution in [0, 0.1) is 29.1 Å². The van der Waals surface area contributed by atoms with Crippen molar-refractivity contribution in [2.45, 2.75) is 80.2 Å². The molecular weight excluding hydrogens is 412 g/mol. The van der Waals surface area contributed by atoms with E-state index in [9.17, 15) is 24.0 Å². The van der Waals surface area contributed by atoms with Crippen molar-refractivity contribution in [1.82, 2.24) is 10.6 Å². The van der Waals surface area contributed by atoms with Crippen molar-refractivity contribution >= 4 is 29.4 Å². The van der Waals surface area contributed by atoms with Crippen LogP contribution in [0.25, 0.3) is 0 Å². The van der Waals surface area contributed by atoms with E-state index >= 15 is 0 Å². The molecule has 2 N–H and O–H groups in total. The summed E-state index contributed by atoms with van der Waals surface area (Å²) in [6, 6.07) is -0.798. The molecule has 0 aromatic rings. The zero-order valence-corrected chi connectivity index (χ0v) is 20.6. The van der Waals surface area contributed by atoms with E-state index in [-0.39, 0.29) is 48.4 Å². The minimum atomic E-state index is -0.798. The van der Waals surface area contributed by atoms with Gasteiger partial charge in [-0.2, -0.15) is 0 Å². The van der Waals surface area contributed by atoms with Crippen molar-refractivity contribution < 1.29 is 28.7 Å². The number of amides is 2. The predicted octanol–water partition coefficient (Wildman–Crippen LogP) is 2.43. The van der Waals surface area contributed by atoms with E-state index < -0.39 is 35.5 Å². The lowest BCUT2D eigenvalue weighted by Crippen LogP contribution is -2.48. The minimum absolute atomic E-state index is 0.0696. The number of carbonyl (C=O) groups excluding carboxylic acids is 5. The van der Waals surface area contributed by atoms with Crippen LogP contribution in [0.15, 0.2) is 0 Å². The fourth-order valence-electron chi connectivity index (χ4n) is 3.56. The van der Waals surface area contributed by atoms with Crippen molar-refractivity contribution in [2.75, 3.05) is 13.2 Å². The maximum absolute atomic E-state index is 13.0. The van der Waals surface area contributed by atoms with Gasteiger partial charge in [0.2, 0.25) is 11.7 Å². The molecule has 1 aliphatic heterocycles. The van der Waals surface area contributed by atoms with Gasteiger partial charge in [-0.1, -0.05) is 48.5 Å². The second-order valence-electron chi connectivity index (χ2n) is 10.6. The third-order valence-corrected chi connectivity index (χ3v) is 5.56. The lowest BCUT2D eigenvalue weighted by atomic mass is 9.86. The van der Waals surface area contributed by atoms with Gasteiger partial charge in [0.25, 0.3) is 5.91 Å². The van der Waals surface area contributed by atoms with Gasteiger partial charge >= 0.3 is 5.97 Å². The quantitative estimate of drug-likeness (QED) is 0.388. The Bertz CT molecular complexity index is 708. The van der Waals surface area contributed by atoms with E-state index in [2.05, 4.69) is 10.6 Å². The van der Waals surface area contributed by atoms with Crippen LogP contribution in [-0.4, -0.2) is 48.5 Å². The highest BCUT2D eigenvalue weighted by Gasteiger charge is 2.35. The molecule has 0 bridgehead atoms. The SMILES string of the molecule is CC(C)C(CC(=O)OCC(C)(C)C)C(=O)NC(C(=O)CC1CCCNC(=O)C1=O)C(C)C. The first-order valence-corrected chi connectivity index (χ1v) is 11.5. The average molecular weight is 453 g/mol. The standard InChI is InChI=1S/C24H40N2O6/c1-14(2)17(12-19(28)32-13-24(5,6)7)22(30)26-20(15(3)4)18(27)11-16-9-8-10-25-23(31)21(16)29/h14-17,20H,8-13H2,1-7H3,(H,25,31)(H,26,30). The second kappa shape index (κ2) is 12.1. The lowest BCUT2D eigenvalue weighted by molar-refractivity contribution is -0.150. The Labute approximate surface area is 191 Å². The summed E-state index contributed by atoms with van der Waals surface area (Å²) in [7, 11) is 0. The summed E-state index contributed by atoms with van der Waals surface area (Å²) in [5.74, 6) is -3.99. The van der Waals surface area contributed by atoms with Crippen LogP contribution in [-0.2, 0) is 28.7 Å². The molecule has 1 rings (SSSR count). The maximum atomic E-state index is 13.0. The number of hydrogen-bond acceptors (Lipinski definition) is 6. The number of carbonyl (C=O) groups is 5. The molecule has 0 aliphatic carbocycles. The van der Waals surface area contributed by atoms with Gasteiger partial charge in [0.05, 0.1) is 25.0 Å². The molecule has 3 atom stereocenters. The Morgan fingerprint density at radius 1 is 1.09 bits per heavy atom. The molecule has 3 unspecified atom stereocenters. The number of esters is 1. The molecule has 2 amide bonds. The van der Waals surface area contributed by atoms with Crippen molar-refractivity contribution in [3.05, 3.63) is 0 Å². The number of Topliss-reactive ketones (excluding diaryl/α,β-unsaturated/α-hetero) is 2. The molecule has 0 radical (unpaired) electrons. The van der Waals surface area contributed by atoms with Gasteiger partial charge in [0, 0.05) is 18.9 Å². The predicted molar refractivity (Wildman–Crippen MR) is 120 cm³/mol. The zero-order chi connectivity index (χ0) is 24.6. The van der Waals surface area contributed by atoms with E-state index in [4.69, 9.17) is 4.74 Å². The van der Waals surface area contributed by atoms with Crippen LogP contribution < -0.4 is 10.6 Å². The van der Waals surface area contributed by atoms with Crippen LogP contribution >= 0.6 is 0 Å². The van der Waals surface area contributed by atoms with Gasteiger partial charge in [-0.25, -0.2) is 0 Å². The minimum Gasteiger partial charge on any atom is -0.465 e. The van der Waals surface area contributed by atoms with Gasteiger partial charge in [-0.3, -0.25) is 24.0 Å². The summed E-state index contributed by atoms with van der Waals surface area (Å²) < 4.78 is 5.31. The Balaban J connectivity index is 2.83. The smallest absolute Gasteiger partial charge is 0.306 e. The summed E-state index contributed by atoms with van der Waals surface area (Å²) in [5, 5.41) is 5.33. The van der Waals surface area contributed by atoms with Crippen LogP contribution in [0.1, 0.15) is 74.1 Å². The fraction of sp³-hybridized carbons (Fsp3) is 0.792. The number of ether oxygens (including phenoxy) is 1. The normalized spacial score (nSPS) is 19.2.